The first kappa shape index (κ1) is 14.7. The van der Waals surface area contributed by atoms with Gasteiger partial charge in [0.1, 0.15) is 11.6 Å². The first-order valence-electron chi connectivity index (χ1n) is 6.67. The summed E-state index contributed by atoms with van der Waals surface area (Å²) in [6, 6.07) is 3.26. The van der Waals surface area contributed by atoms with E-state index in [4.69, 9.17) is 4.42 Å². The highest BCUT2D eigenvalue weighted by Crippen LogP contribution is 2.24. The number of hydrogen-bond acceptors (Lipinski definition) is 3. The van der Waals surface area contributed by atoms with Crippen LogP contribution in [0.2, 0.25) is 0 Å². The largest absolute Gasteiger partial charge is 0.441 e. The number of oxazole rings is 1. The number of halogens is 2. The smallest absolute Gasteiger partial charge is 0.196 e. The lowest BCUT2D eigenvalue weighted by molar-refractivity contribution is 0.480. The van der Waals surface area contributed by atoms with Gasteiger partial charge < -0.3 is 9.73 Å². The molecule has 0 spiro atoms. The Hall–Kier alpha value is -1.75. The van der Waals surface area contributed by atoms with Gasteiger partial charge in [-0.15, -0.1) is 0 Å². The van der Waals surface area contributed by atoms with Crippen LogP contribution in [0.15, 0.2) is 28.8 Å². The van der Waals surface area contributed by atoms with E-state index < -0.39 is 11.6 Å². The van der Waals surface area contributed by atoms with E-state index in [2.05, 4.69) is 24.1 Å². The third-order valence-corrected chi connectivity index (χ3v) is 2.82. The van der Waals surface area contributed by atoms with E-state index in [1.54, 1.807) is 0 Å². The van der Waals surface area contributed by atoms with Gasteiger partial charge in [-0.2, -0.15) is 0 Å². The topological polar surface area (TPSA) is 38.1 Å². The Morgan fingerprint density at radius 3 is 2.85 bits per heavy atom. The van der Waals surface area contributed by atoms with Gasteiger partial charge in [0.15, 0.2) is 11.7 Å². The van der Waals surface area contributed by atoms with Gasteiger partial charge in [-0.1, -0.05) is 13.8 Å². The molecule has 0 saturated carbocycles. The normalized spacial score (nSPS) is 11.2. The molecule has 0 atom stereocenters. The van der Waals surface area contributed by atoms with Crippen LogP contribution in [-0.2, 0) is 6.42 Å². The fraction of sp³-hybridized carbons (Fsp3) is 0.400. The van der Waals surface area contributed by atoms with Crippen molar-refractivity contribution in [2.45, 2.75) is 20.3 Å². The Balaban J connectivity index is 2.00. The van der Waals surface area contributed by atoms with Gasteiger partial charge in [0.25, 0.3) is 0 Å². The van der Waals surface area contributed by atoms with Crippen LogP contribution in [0, 0.1) is 17.6 Å². The molecule has 5 heteroatoms. The Morgan fingerprint density at radius 2 is 2.10 bits per heavy atom. The van der Waals surface area contributed by atoms with Crippen molar-refractivity contribution in [3.8, 4) is 11.3 Å². The average Bonchev–Trinajstić information content (AvgIpc) is 2.86. The molecule has 1 N–H and O–H groups in total. The van der Waals surface area contributed by atoms with Gasteiger partial charge in [0.05, 0.1) is 11.8 Å². The van der Waals surface area contributed by atoms with Crippen molar-refractivity contribution in [2.24, 2.45) is 5.92 Å². The van der Waals surface area contributed by atoms with Gasteiger partial charge in [-0.3, -0.25) is 0 Å². The maximum Gasteiger partial charge on any atom is 0.196 e. The number of hydrogen-bond donors (Lipinski definition) is 1. The molecule has 2 aromatic rings. The summed E-state index contributed by atoms with van der Waals surface area (Å²) in [5.74, 6) is 0.322. The second-order valence-electron chi connectivity index (χ2n) is 5.09. The van der Waals surface area contributed by atoms with Crippen molar-refractivity contribution in [2.75, 3.05) is 13.1 Å². The molecule has 20 heavy (non-hydrogen) atoms. The molecule has 0 saturated heterocycles. The Bertz CT molecular complexity index is 567. The second kappa shape index (κ2) is 6.61. The third-order valence-electron chi connectivity index (χ3n) is 2.82. The fourth-order valence-electron chi connectivity index (χ4n) is 1.82. The Kier molecular flexibility index (Phi) is 4.84. The molecule has 0 amide bonds. The molecule has 3 nitrogen and oxygen atoms in total. The molecule has 1 aromatic carbocycles. The lowest BCUT2D eigenvalue weighted by Gasteiger charge is -2.05. The van der Waals surface area contributed by atoms with Gasteiger partial charge in [-0.25, -0.2) is 13.8 Å². The molecule has 0 aliphatic heterocycles. The summed E-state index contributed by atoms with van der Waals surface area (Å²) in [4.78, 5) is 4.08. The highest BCUT2D eigenvalue weighted by atomic mass is 19.1. The number of aromatic nitrogens is 1. The lowest BCUT2D eigenvalue weighted by atomic mass is 10.2. The quantitative estimate of drug-likeness (QED) is 0.824. The van der Waals surface area contributed by atoms with Crippen LogP contribution in [0.25, 0.3) is 11.3 Å². The van der Waals surface area contributed by atoms with E-state index in [1.165, 1.54) is 6.20 Å². The molecule has 1 aromatic heterocycles. The maximum atomic E-state index is 13.6. The highest BCUT2D eigenvalue weighted by molar-refractivity contribution is 5.57. The van der Waals surface area contributed by atoms with Crippen molar-refractivity contribution in [1.29, 1.82) is 0 Å². The van der Waals surface area contributed by atoms with E-state index in [9.17, 15) is 8.78 Å². The summed E-state index contributed by atoms with van der Waals surface area (Å²) in [5.41, 5.74) is 0.0962. The van der Waals surface area contributed by atoms with Crippen LogP contribution in [0.3, 0.4) is 0 Å². The van der Waals surface area contributed by atoms with E-state index >= 15 is 0 Å². The van der Waals surface area contributed by atoms with Crippen molar-refractivity contribution >= 4 is 0 Å². The van der Waals surface area contributed by atoms with Crippen LogP contribution >= 0.6 is 0 Å². The van der Waals surface area contributed by atoms with E-state index in [-0.39, 0.29) is 11.3 Å². The summed E-state index contributed by atoms with van der Waals surface area (Å²) in [7, 11) is 0. The molecule has 0 unspecified atom stereocenters. The molecule has 0 aliphatic rings. The molecule has 0 bridgehead atoms. The average molecular weight is 280 g/mol. The Morgan fingerprint density at radius 1 is 1.30 bits per heavy atom. The SMILES string of the molecule is CC(C)CNCCc1ncc(-c2cc(F)ccc2F)o1. The summed E-state index contributed by atoms with van der Waals surface area (Å²) < 4.78 is 32.2. The van der Waals surface area contributed by atoms with Crippen LogP contribution in [-0.4, -0.2) is 18.1 Å². The van der Waals surface area contributed by atoms with E-state index in [0.717, 1.165) is 31.3 Å². The van der Waals surface area contributed by atoms with E-state index in [1.807, 2.05) is 0 Å². The minimum absolute atomic E-state index is 0.0962. The van der Waals surface area contributed by atoms with Crippen LogP contribution in [0.5, 0.6) is 0 Å². The molecular formula is C15H18F2N2O. The van der Waals surface area contributed by atoms with Crippen molar-refractivity contribution in [1.82, 2.24) is 10.3 Å². The number of nitrogens with zero attached hydrogens (tertiary/aromatic N) is 1. The summed E-state index contributed by atoms with van der Waals surface area (Å²) in [6.45, 7) is 5.92. The zero-order valence-corrected chi connectivity index (χ0v) is 11.6. The van der Waals surface area contributed by atoms with Gasteiger partial charge in [0, 0.05) is 13.0 Å². The monoisotopic (exact) mass is 280 g/mol. The third kappa shape index (κ3) is 3.87. The molecule has 1 heterocycles. The van der Waals surface area contributed by atoms with Crippen molar-refractivity contribution in [3.05, 3.63) is 41.9 Å². The van der Waals surface area contributed by atoms with E-state index in [0.29, 0.717) is 18.2 Å². The fourth-order valence-corrected chi connectivity index (χ4v) is 1.82. The van der Waals surface area contributed by atoms with Gasteiger partial charge in [0.2, 0.25) is 0 Å². The van der Waals surface area contributed by atoms with Crippen LogP contribution in [0.1, 0.15) is 19.7 Å². The molecular weight excluding hydrogens is 262 g/mol. The van der Waals surface area contributed by atoms with Crippen LogP contribution in [0.4, 0.5) is 8.78 Å². The summed E-state index contributed by atoms with van der Waals surface area (Å²) >= 11 is 0. The molecule has 2 rings (SSSR count). The standard InChI is InChI=1S/C15H18F2N2O/c1-10(2)8-18-6-5-15-19-9-14(20-15)12-7-11(16)3-4-13(12)17/h3-4,7,9-10,18H,5-6,8H2,1-2H3. The summed E-state index contributed by atoms with van der Waals surface area (Å²) in [6.07, 6.45) is 2.04. The maximum absolute atomic E-state index is 13.6. The second-order valence-corrected chi connectivity index (χ2v) is 5.09. The Labute approximate surface area is 117 Å². The first-order chi connectivity index (χ1) is 9.56. The molecule has 0 aliphatic carbocycles. The van der Waals surface area contributed by atoms with Gasteiger partial charge in [-0.05, 0) is 30.7 Å². The highest BCUT2D eigenvalue weighted by Gasteiger charge is 2.12. The first-order valence-corrected chi connectivity index (χ1v) is 6.67. The number of benzene rings is 1. The zero-order valence-electron chi connectivity index (χ0n) is 11.6. The molecule has 0 radical (unpaired) electrons. The molecule has 0 fully saturated rings. The number of rotatable bonds is 6. The lowest BCUT2D eigenvalue weighted by Crippen LogP contribution is -2.22. The minimum atomic E-state index is -0.521. The summed E-state index contributed by atoms with van der Waals surface area (Å²) in [5, 5.41) is 3.27. The predicted molar refractivity (Wildman–Crippen MR) is 73.3 cm³/mol. The zero-order chi connectivity index (χ0) is 14.5. The number of nitrogens with one attached hydrogen (secondary N) is 1. The van der Waals surface area contributed by atoms with Crippen molar-refractivity contribution < 1.29 is 13.2 Å². The predicted octanol–water partition coefficient (Wildman–Crippen LogP) is 3.41. The minimum Gasteiger partial charge on any atom is -0.441 e. The molecule has 108 valence electrons. The van der Waals surface area contributed by atoms with Crippen molar-refractivity contribution in [3.63, 3.8) is 0 Å². The van der Waals surface area contributed by atoms with Crippen LogP contribution < -0.4 is 5.32 Å². The van der Waals surface area contributed by atoms with Gasteiger partial charge >= 0.3 is 0 Å².